The van der Waals surface area contributed by atoms with Gasteiger partial charge in [-0.05, 0) is 13.1 Å². The molecule has 5 heavy (non-hydrogen) atoms. The van der Waals surface area contributed by atoms with Crippen molar-refractivity contribution in [3.05, 3.63) is 12.3 Å². The summed E-state index contributed by atoms with van der Waals surface area (Å²) in [5, 5.41) is 0. The van der Waals surface area contributed by atoms with Crippen LogP contribution < -0.4 is 11.9 Å². The summed E-state index contributed by atoms with van der Waals surface area (Å²) in [6.07, 6.45) is 3.28. The highest BCUT2D eigenvalue weighted by Crippen LogP contribution is 1.47. The Bertz CT molecular complexity index is 20.1. The van der Waals surface area contributed by atoms with Gasteiger partial charge in [0.05, 0.1) is 0 Å². The zero-order chi connectivity index (χ0) is 3.41. The lowest BCUT2D eigenvalue weighted by atomic mass is 10.7. The summed E-state index contributed by atoms with van der Waals surface area (Å²) in [6.45, 7) is 1.88. The Labute approximate surface area is 32.3 Å². The molecule has 2 heteroatoms. The van der Waals surface area contributed by atoms with Gasteiger partial charge in [0.2, 0.25) is 0 Å². The molecular formula is C3H10N2. The third-order valence-electron chi connectivity index (χ3n) is 0.192. The fourth-order valence-electron chi connectivity index (χ4n) is 0. The molecule has 0 saturated carbocycles. The maximum atomic E-state index is 4.85. The fourth-order valence-corrected chi connectivity index (χ4v) is 0. The van der Waals surface area contributed by atoms with E-state index >= 15 is 0 Å². The monoisotopic (exact) mass is 74.1 g/mol. The van der Waals surface area contributed by atoms with Crippen LogP contribution in [0.4, 0.5) is 0 Å². The summed E-state index contributed by atoms with van der Waals surface area (Å²) in [4.78, 5) is 0. The highest BCUT2D eigenvalue weighted by atomic mass is 14.5. The first-order chi connectivity index (χ1) is 1.91. The minimum atomic E-state index is 0. The molecule has 0 aliphatic heterocycles. The van der Waals surface area contributed by atoms with Crippen LogP contribution in [0.25, 0.3) is 0 Å². The maximum absolute atomic E-state index is 4.85. The van der Waals surface area contributed by atoms with Crippen LogP contribution in [-0.4, -0.2) is 0 Å². The molecule has 0 heterocycles. The smallest absolute Gasteiger partial charge is 0.0106 e. The van der Waals surface area contributed by atoms with Crippen molar-refractivity contribution in [3.63, 3.8) is 0 Å². The highest BCUT2D eigenvalue weighted by molar-refractivity contribution is 4.66. The van der Waals surface area contributed by atoms with E-state index in [9.17, 15) is 0 Å². The van der Waals surface area contributed by atoms with E-state index in [0.29, 0.717) is 0 Å². The van der Waals surface area contributed by atoms with Crippen molar-refractivity contribution in [2.75, 3.05) is 0 Å². The minimum Gasteiger partial charge on any atom is -0.405 e. The largest absolute Gasteiger partial charge is 0.405 e. The van der Waals surface area contributed by atoms with Gasteiger partial charge < -0.3 is 11.9 Å². The summed E-state index contributed by atoms with van der Waals surface area (Å²) < 4.78 is 0. The number of hydrogen-bond donors (Lipinski definition) is 2. The Morgan fingerprint density at radius 1 is 1.60 bits per heavy atom. The third-order valence-corrected chi connectivity index (χ3v) is 0.192. The third kappa shape index (κ3) is 31.5. The van der Waals surface area contributed by atoms with Gasteiger partial charge in [0.1, 0.15) is 0 Å². The van der Waals surface area contributed by atoms with E-state index in [0.717, 1.165) is 0 Å². The molecule has 0 rings (SSSR count). The lowest BCUT2D eigenvalue weighted by Crippen LogP contribution is -1.70. The first-order valence-electron chi connectivity index (χ1n) is 1.24. The first-order valence-corrected chi connectivity index (χ1v) is 1.24. The Morgan fingerprint density at radius 2 is 1.80 bits per heavy atom. The molecule has 5 N–H and O–H groups in total. The maximum Gasteiger partial charge on any atom is -0.0106 e. The van der Waals surface area contributed by atoms with Crippen molar-refractivity contribution in [1.29, 1.82) is 0 Å². The van der Waals surface area contributed by atoms with Crippen LogP contribution in [0.2, 0.25) is 0 Å². The van der Waals surface area contributed by atoms with E-state index in [-0.39, 0.29) is 6.15 Å². The second-order valence-corrected chi connectivity index (χ2v) is 0.526. The van der Waals surface area contributed by atoms with Gasteiger partial charge in [-0.15, -0.1) is 0 Å². The van der Waals surface area contributed by atoms with E-state index in [4.69, 9.17) is 5.73 Å². The lowest BCUT2D eigenvalue weighted by Gasteiger charge is -1.53. The van der Waals surface area contributed by atoms with Gasteiger partial charge in [0, 0.05) is 0 Å². The zero-order valence-corrected chi connectivity index (χ0v) is 3.44. The molecule has 32 valence electrons. The number of allylic oxidation sites excluding steroid dienone is 1. The first kappa shape index (κ1) is 8.82. The molecule has 0 aliphatic rings. The SMILES string of the molecule is CC=CN.N. The van der Waals surface area contributed by atoms with Crippen LogP contribution in [-0.2, 0) is 0 Å². The summed E-state index contributed by atoms with van der Waals surface area (Å²) in [5.74, 6) is 0. The average molecular weight is 74.1 g/mol. The number of hydrogen-bond acceptors (Lipinski definition) is 2. The van der Waals surface area contributed by atoms with Crippen molar-refractivity contribution in [2.24, 2.45) is 5.73 Å². The summed E-state index contributed by atoms with van der Waals surface area (Å²) in [5.41, 5.74) is 4.85. The van der Waals surface area contributed by atoms with Crippen LogP contribution in [0.1, 0.15) is 6.92 Å². The van der Waals surface area contributed by atoms with Crippen LogP contribution in [0.5, 0.6) is 0 Å². The topological polar surface area (TPSA) is 61.0 Å². The molecule has 0 aliphatic carbocycles. The average Bonchev–Trinajstić information content (AvgIpc) is 1.37. The van der Waals surface area contributed by atoms with Gasteiger partial charge in [0.25, 0.3) is 0 Å². The zero-order valence-electron chi connectivity index (χ0n) is 3.44. The van der Waals surface area contributed by atoms with Crippen molar-refractivity contribution in [1.82, 2.24) is 6.15 Å². The van der Waals surface area contributed by atoms with Crippen LogP contribution in [0.3, 0.4) is 0 Å². The molecule has 0 atom stereocenters. The minimum absolute atomic E-state index is 0. The second-order valence-electron chi connectivity index (χ2n) is 0.526. The van der Waals surface area contributed by atoms with Crippen molar-refractivity contribution in [3.8, 4) is 0 Å². The summed E-state index contributed by atoms with van der Waals surface area (Å²) in [7, 11) is 0. The Hall–Kier alpha value is -0.500. The molecule has 0 unspecified atom stereocenters. The van der Waals surface area contributed by atoms with Crippen molar-refractivity contribution in [2.45, 2.75) is 6.92 Å². The summed E-state index contributed by atoms with van der Waals surface area (Å²) >= 11 is 0. The van der Waals surface area contributed by atoms with E-state index in [1.165, 1.54) is 6.20 Å². The Kier molecular flexibility index (Phi) is 17.1. The standard InChI is InChI=1S/C3H7N.H3N/c1-2-3-4;/h2-3H,4H2,1H3;1H3. The van der Waals surface area contributed by atoms with Crippen LogP contribution in [0, 0.1) is 0 Å². The predicted octanol–water partition coefficient (Wildman–Crippen LogP) is 0.641. The highest BCUT2D eigenvalue weighted by Gasteiger charge is 1.32. The summed E-state index contributed by atoms with van der Waals surface area (Å²) in [6, 6.07) is 0. The van der Waals surface area contributed by atoms with Gasteiger partial charge in [-0.2, -0.15) is 0 Å². The van der Waals surface area contributed by atoms with Crippen molar-refractivity contribution >= 4 is 0 Å². The fraction of sp³-hybridized carbons (Fsp3) is 0.333. The normalized spacial score (nSPS) is 7.40. The predicted molar refractivity (Wildman–Crippen MR) is 24.0 cm³/mol. The molecule has 0 aromatic carbocycles. The molecule has 0 bridgehead atoms. The van der Waals surface area contributed by atoms with Crippen molar-refractivity contribution < 1.29 is 0 Å². The molecule has 0 aromatic heterocycles. The van der Waals surface area contributed by atoms with Crippen LogP contribution in [0.15, 0.2) is 12.3 Å². The molecule has 0 radical (unpaired) electrons. The molecule has 0 saturated heterocycles. The Balaban J connectivity index is 0. The molecule has 0 fully saturated rings. The van der Waals surface area contributed by atoms with Gasteiger partial charge in [-0.1, -0.05) is 6.08 Å². The molecular weight excluding hydrogens is 64.0 g/mol. The molecule has 0 spiro atoms. The molecule has 0 aromatic rings. The quantitative estimate of drug-likeness (QED) is 0.443. The van der Waals surface area contributed by atoms with E-state index in [2.05, 4.69) is 0 Å². The Morgan fingerprint density at radius 3 is 1.80 bits per heavy atom. The van der Waals surface area contributed by atoms with E-state index in [1.54, 1.807) is 6.08 Å². The number of nitrogens with two attached hydrogens (primary N) is 1. The molecule has 0 amide bonds. The van der Waals surface area contributed by atoms with Crippen LogP contribution >= 0.6 is 0 Å². The van der Waals surface area contributed by atoms with Gasteiger partial charge in [0.15, 0.2) is 0 Å². The van der Waals surface area contributed by atoms with Gasteiger partial charge in [-0.25, -0.2) is 0 Å². The second kappa shape index (κ2) is 9.72. The number of rotatable bonds is 0. The van der Waals surface area contributed by atoms with Gasteiger partial charge >= 0.3 is 0 Å². The lowest BCUT2D eigenvalue weighted by molar-refractivity contribution is 1.55. The van der Waals surface area contributed by atoms with E-state index < -0.39 is 0 Å². The van der Waals surface area contributed by atoms with E-state index in [1.807, 2.05) is 6.92 Å². The molecule has 2 nitrogen and oxygen atoms in total. The van der Waals surface area contributed by atoms with Gasteiger partial charge in [-0.3, -0.25) is 0 Å².